The van der Waals surface area contributed by atoms with Crippen molar-refractivity contribution in [2.75, 3.05) is 0 Å². The molecule has 0 atom stereocenters. The molecule has 4 heteroatoms. The van der Waals surface area contributed by atoms with E-state index in [1.807, 2.05) is 0 Å². The fourth-order valence-corrected chi connectivity index (χ4v) is 0. The van der Waals surface area contributed by atoms with E-state index in [2.05, 4.69) is 0 Å². The van der Waals surface area contributed by atoms with Gasteiger partial charge in [-0.15, -0.1) is 0 Å². The minimum atomic E-state index is 0. The molecule has 4 heavy (non-hydrogen) atoms. The first-order valence-electron chi connectivity index (χ1n) is 0. The summed E-state index contributed by atoms with van der Waals surface area (Å²) in [7, 11) is 0. The molecule has 0 aliphatic rings. The van der Waals surface area contributed by atoms with Crippen LogP contribution in [0.4, 0.5) is 0 Å². The van der Waals surface area contributed by atoms with Crippen LogP contribution in [-0.4, -0.2) is 27.5 Å². The average molecular weight is 105 g/mol. The maximum atomic E-state index is 0. The third-order valence-electron chi connectivity index (χ3n) is 0. The molecule has 0 heterocycles. The summed E-state index contributed by atoms with van der Waals surface area (Å²) >= 11 is 0. The van der Waals surface area contributed by atoms with E-state index in [1.165, 1.54) is 0 Å². The van der Waals surface area contributed by atoms with Crippen LogP contribution in [0.25, 0.3) is 0 Å². The maximum absolute atomic E-state index is 0. The van der Waals surface area contributed by atoms with E-state index in [0.717, 1.165) is 0 Å². The van der Waals surface area contributed by atoms with Crippen LogP contribution >= 0.6 is 0 Å². The van der Waals surface area contributed by atoms with Crippen LogP contribution in [-0.2, 0) is 18.6 Å². The van der Waals surface area contributed by atoms with Crippen molar-refractivity contribution in [1.82, 2.24) is 6.15 Å². The van der Waals surface area contributed by atoms with E-state index in [-0.39, 0.29) is 52.2 Å². The van der Waals surface area contributed by atoms with Crippen molar-refractivity contribution in [1.29, 1.82) is 0 Å². The van der Waals surface area contributed by atoms with Crippen LogP contribution in [0.3, 0.4) is 0 Å². The Morgan fingerprint density at radius 1 is 1.00 bits per heavy atom. The van der Waals surface area contributed by atoms with Crippen molar-refractivity contribution in [3.63, 3.8) is 0 Å². The van der Waals surface area contributed by atoms with Gasteiger partial charge in [0.05, 0.1) is 0 Å². The SMILES string of the molecule is [Al+3].[Be+2].[NH4+].[V]. The monoisotopic (exact) mass is 105 g/mol. The smallest absolute Gasteiger partial charge is 0.369 e. The zero-order chi connectivity index (χ0) is 0. The molecular weight excluding hydrogens is 101 g/mol. The minimum Gasteiger partial charge on any atom is -0.369 e. The number of hydrogen-bond donors (Lipinski definition) is 1. The Kier molecular flexibility index (Phi) is 439. The first-order valence-corrected chi connectivity index (χ1v) is 0. The molecule has 0 rings (SSSR count). The molecule has 0 unspecified atom stereocenters. The summed E-state index contributed by atoms with van der Waals surface area (Å²) in [5.74, 6) is 0. The summed E-state index contributed by atoms with van der Waals surface area (Å²) in [5.41, 5.74) is 0. The van der Waals surface area contributed by atoms with Gasteiger partial charge in [0.25, 0.3) is 0 Å². The van der Waals surface area contributed by atoms with Crippen LogP contribution in [0.15, 0.2) is 0 Å². The summed E-state index contributed by atoms with van der Waals surface area (Å²) < 4.78 is 0. The topological polar surface area (TPSA) is 36.5 Å². The Balaban J connectivity index is 0. The van der Waals surface area contributed by atoms with Gasteiger partial charge in [0.15, 0.2) is 0 Å². The van der Waals surface area contributed by atoms with Gasteiger partial charge >= 0.3 is 27.5 Å². The molecule has 0 fully saturated rings. The Morgan fingerprint density at radius 2 is 1.00 bits per heavy atom. The molecule has 4 N–H and O–H groups in total. The van der Waals surface area contributed by atoms with Crippen molar-refractivity contribution in [2.45, 2.75) is 0 Å². The van der Waals surface area contributed by atoms with Gasteiger partial charge in [0, 0.05) is 18.6 Å². The van der Waals surface area contributed by atoms with Gasteiger partial charge in [-0.1, -0.05) is 0 Å². The zero-order valence-corrected chi connectivity index (χ0v) is 5.28. The predicted octanol–water partition coefficient (Wildman–Crippen LogP) is -0.388. The Morgan fingerprint density at radius 3 is 1.00 bits per heavy atom. The van der Waals surface area contributed by atoms with Gasteiger partial charge in [0.2, 0.25) is 0 Å². The molecule has 0 spiro atoms. The van der Waals surface area contributed by atoms with Crippen molar-refractivity contribution in [3.8, 4) is 0 Å². The third kappa shape index (κ3) is 10.5. The molecule has 0 amide bonds. The normalized spacial score (nSPS) is 0. The molecule has 0 aromatic rings. The summed E-state index contributed by atoms with van der Waals surface area (Å²) in [6.07, 6.45) is 0. The molecule has 0 saturated carbocycles. The second-order valence-electron chi connectivity index (χ2n) is 0. The van der Waals surface area contributed by atoms with E-state index in [9.17, 15) is 0 Å². The van der Waals surface area contributed by atoms with E-state index in [4.69, 9.17) is 0 Å². The van der Waals surface area contributed by atoms with Gasteiger partial charge in [-0.3, -0.25) is 0 Å². The van der Waals surface area contributed by atoms with Crippen LogP contribution in [0, 0.1) is 0 Å². The molecule has 13 valence electrons. The fourth-order valence-electron chi connectivity index (χ4n) is 0. The second kappa shape index (κ2) is 28.8. The van der Waals surface area contributed by atoms with E-state index in [0.29, 0.717) is 0 Å². The number of hydrogen-bond acceptors (Lipinski definition) is 0. The van der Waals surface area contributed by atoms with Gasteiger partial charge in [0.1, 0.15) is 0 Å². The molecule has 0 bridgehead atoms. The first kappa shape index (κ1) is 60.9. The third-order valence-corrected chi connectivity index (χ3v) is 0. The van der Waals surface area contributed by atoms with E-state index in [1.54, 1.807) is 0 Å². The zero-order valence-electron chi connectivity index (χ0n) is 2.73. The average Bonchev–Trinajstić information content (AvgIpc) is 0. The Bertz CT molecular complexity index is 8.00. The standard InChI is InChI=1S/Al.Be.H3N.V/h;;1H3;/q+3;+2;;/p+1. The first-order chi connectivity index (χ1) is 0. The van der Waals surface area contributed by atoms with Crippen LogP contribution in [0.5, 0.6) is 0 Å². The molecule has 0 saturated heterocycles. The van der Waals surface area contributed by atoms with Crippen molar-refractivity contribution in [2.24, 2.45) is 0 Å². The largest absolute Gasteiger partial charge is 3.00 e. The van der Waals surface area contributed by atoms with Crippen LogP contribution < -0.4 is 6.15 Å². The molecule has 1 radical (unpaired) electrons. The summed E-state index contributed by atoms with van der Waals surface area (Å²) in [4.78, 5) is 0. The predicted molar refractivity (Wildman–Crippen MR) is 17.5 cm³/mol. The molecule has 0 aliphatic heterocycles. The number of rotatable bonds is 0. The molecule has 0 aromatic carbocycles. The van der Waals surface area contributed by atoms with Gasteiger partial charge in [-0.05, 0) is 0 Å². The molecule has 0 aromatic heterocycles. The summed E-state index contributed by atoms with van der Waals surface area (Å²) in [6.45, 7) is 0. The maximum Gasteiger partial charge on any atom is 3.00 e. The van der Waals surface area contributed by atoms with Gasteiger partial charge < -0.3 is 6.15 Å². The van der Waals surface area contributed by atoms with E-state index >= 15 is 0 Å². The summed E-state index contributed by atoms with van der Waals surface area (Å²) in [6, 6.07) is 0. The van der Waals surface area contributed by atoms with Crippen LogP contribution in [0.1, 0.15) is 0 Å². The molecule has 1 nitrogen and oxygen atoms in total. The van der Waals surface area contributed by atoms with Crippen molar-refractivity contribution in [3.05, 3.63) is 0 Å². The Hall–Kier alpha value is 1.25. The van der Waals surface area contributed by atoms with Gasteiger partial charge in [-0.2, -0.15) is 0 Å². The summed E-state index contributed by atoms with van der Waals surface area (Å²) in [5, 5.41) is 0. The quantitative estimate of drug-likeness (QED) is 0.407. The van der Waals surface area contributed by atoms with Crippen molar-refractivity contribution < 1.29 is 18.6 Å². The van der Waals surface area contributed by atoms with Gasteiger partial charge in [-0.25, -0.2) is 0 Å². The minimum absolute atomic E-state index is 0. The molecular formula is H4AlBeNV+6. The second-order valence-corrected chi connectivity index (χ2v) is 0. The Labute approximate surface area is 52.4 Å². The van der Waals surface area contributed by atoms with E-state index < -0.39 is 0 Å². The molecule has 0 aliphatic carbocycles. The van der Waals surface area contributed by atoms with Crippen LogP contribution in [0.2, 0.25) is 0 Å². The number of quaternary nitrogens is 1. The fraction of sp³-hybridized carbons (Fsp3) is 0. The van der Waals surface area contributed by atoms with Crippen molar-refractivity contribution >= 4 is 27.5 Å².